The average molecular weight is 531 g/mol. The summed E-state index contributed by atoms with van der Waals surface area (Å²) in [5.41, 5.74) is -1.31. The van der Waals surface area contributed by atoms with Gasteiger partial charge in [-0.1, -0.05) is 20.8 Å². The largest absolute Gasteiger partial charge is 0.465 e. The van der Waals surface area contributed by atoms with Gasteiger partial charge in [0.25, 0.3) is 0 Å². The molecular formula is C20H34O8S4. The Morgan fingerprint density at radius 3 is 1.12 bits per heavy atom. The molecule has 0 bridgehead atoms. The van der Waals surface area contributed by atoms with Gasteiger partial charge < -0.3 is 18.9 Å². The average Bonchev–Trinajstić information content (AvgIpc) is 2.64. The molecule has 0 spiro atoms. The van der Waals surface area contributed by atoms with Crippen LogP contribution in [0.25, 0.3) is 0 Å². The molecular weight excluding hydrogens is 496 g/mol. The molecule has 12 heteroatoms. The highest BCUT2D eigenvalue weighted by atomic mass is 32.1. The Morgan fingerprint density at radius 1 is 0.594 bits per heavy atom. The lowest BCUT2D eigenvalue weighted by molar-refractivity contribution is -0.170. The first-order valence-corrected chi connectivity index (χ1v) is 12.2. The van der Waals surface area contributed by atoms with Crippen LogP contribution in [0.1, 0.15) is 47.0 Å². The molecule has 4 unspecified atom stereocenters. The molecule has 0 fully saturated rings. The zero-order valence-corrected chi connectivity index (χ0v) is 22.4. The molecule has 32 heavy (non-hydrogen) atoms. The van der Waals surface area contributed by atoms with E-state index in [2.05, 4.69) is 50.5 Å². The van der Waals surface area contributed by atoms with Crippen molar-refractivity contribution in [3.05, 3.63) is 0 Å². The van der Waals surface area contributed by atoms with Crippen molar-refractivity contribution in [3.8, 4) is 0 Å². The fourth-order valence-electron chi connectivity index (χ4n) is 2.20. The molecule has 4 atom stereocenters. The molecule has 8 nitrogen and oxygen atoms in total. The van der Waals surface area contributed by atoms with Crippen molar-refractivity contribution in [2.24, 2.45) is 5.41 Å². The lowest BCUT2D eigenvalue weighted by atomic mass is 9.92. The predicted molar refractivity (Wildman–Crippen MR) is 134 cm³/mol. The van der Waals surface area contributed by atoms with Crippen molar-refractivity contribution in [2.75, 3.05) is 26.4 Å². The van der Waals surface area contributed by atoms with Gasteiger partial charge in [-0.15, -0.1) is 0 Å². The molecule has 0 aromatic rings. The van der Waals surface area contributed by atoms with E-state index >= 15 is 0 Å². The topological polar surface area (TPSA) is 105 Å². The van der Waals surface area contributed by atoms with Crippen LogP contribution in [0.3, 0.4) is 0 Å². The quantitative estimate of drug-likeness (QED) is 0.146. The summed E-state index contributed by atoms with van der Waals surface area (Å²) in [7, 11) is 0. The van der Waals surface area contributed by atoms with E-state index in [1.165, 1.54) is 6.92 Å². The Balaban J connectivity index is 5.58. The van der Waals surface area contributed by atoms with Crippen molar-refractivity contribution >= 4 is 74.4 Å². The monoisotopic (exact) mass is 530 g/mol. The van der Waals surface area contributed by atoms with Gasteiger partial charge in [0.2, 0.25) is 0 Å². The molecule has 0 amide bonds. The lowest BCUT2D eigenvalue weighted by Gasteiger charge is -2.32. The molecule has 0 rings (SSSR count). The summed E-state index contributed by atoms with van der Waals surface area (Å²) >= 11 is 16.5. The maximum Gasteiger partial charge on any atom is 0.318 e. The summed E-state index contributed by atoms with van der Waals surface area (Å²) in [5, 5.41) is -1.40. The highest BCUT2D eigenvalue weighted by Gasteiger charge is 2.38. The molecule has 0 aliphatic rings. The Bertz CT molecular complexity index is 558. The fourth-order valence-corrected chi connectivity index (χ4v) is 2.72. The first-order valence-electron chi connectivity index (χ1n) is 10.1. The minimum Gasteiger partial charge on any atom is -0.465 e. The van der Waals surface area contributed by atoms with E-state index in [4.69, 9.17) is 18.9 Å². The molecule has 0 aliphatic heterocycles. The number of ether oxygens (including phenoxy) is 4. The van der Waals surface area contributed by atoms with Crippen LogP contribution in [0.5, 0.6) is 0 Å². The van der Waals surface area contributed by atoms with E-state index in [0.717, 1.165) is 0 Å². The highest BCUT2D eigenvalue weighted by molar-refractivity contribution is 7.81. The van der Waals surface area contributed by atoms with Gasteiger partial charge in [0.1, 0.15) is 31.8 Å². The number of hydrogen-bond donors (Lipinski definition) is 4. The normalized spacial score (nSPS) is 16.6. The third-order valence-corrected chi connectivity index (χ3v) is 4.62. The van der Waals surface area contributed by atoms with E-state index in [-0.39, 0.29) is 61.4 Å². The highest BCUT2D eigenvalue weighted by Crippen LogP contribution is 2.23. The fraction of sp³-hybridized carbons (Fsp3) is 0.800. The van der Waals surface area contributed by atoms with Crippen LogP contribution in [0, 0.1) is 5.41 Å². The van der Waals surface area contributed by atoms with Gasteiger partial charge in [-0.25, -0.2) is 0 Å². The van der Waals surface area contributed by atoms with Crippen LogP contribution < -0.4 is 0 Å². The minimum absolute atomic E-state index is 0.0422. The maximum absolute atomic E-state index is 12.1. The zero-order chi connectivity index (χ0) is 24.9. The van der Waals surface area contributed by atoms with E-state index in [1.807, 2.05) is 0 Å². The summed E-state index contributed by atoms with van der Waals surface area (Å²) in [5.74, 6) is -2.26. The Kier molecular flexibility index (Phi) is 15.6. The molecule has 0 N–H and O–H groups in total. The molecule has 0 saturated heterocycles. The first kappa shape index (κ1) is 31.3. The SMILES string of the molecule is CC(S)CC(=O)OCC(COC(=O)CC(C)S)(COC(=O)CC(C)S)COC(=O)C(C)S. The van der Waals surface area contributed by atoms with Gasteiger partial charge in [-0.2, -0.15) is 50.5 Å². The van der Waals surface area contributed by atoms with Crippen LogP contribution in [-0.4, -0.2) is 71.3 Å². The van der Waals surface area contributed by atoms with Crippen LogP contribution in [-0.2, 0) is 38.1 Å². The number of esters is 4. The van der Waals surface area contributed by atoms with E-state index in [0.29, 0.717) is 0 Å². The van der Waals surface area contributed by atoms with Crippen molar-refractivity contribution in [3.63, 3.8) is 0 Å². The van der Waals surface area contributed by atoms with Gasteiger partial charge in [0.15, 0.2) is 0 Å². The van der Waals surface area contributed by atoms with Gasteiger partial charge in [0.05, 0.1) is 24.5 Å². The van der Waals surface area contributed by atoms with Gasteiger partial charge in [0, 0.05) is 15.7 Å². The van der Waals surface area contributed by atoms with Gasteiger partial charge in [-0.3, -0.25) is 19.2 Å². The van der Waals surface area contributed by atoms with Crippen LogP contribution in [0.15, 0.2) is 0 Å². The zero-order valence-electron chi connectivity index (χ0n) is 18.8. The minimum atomic E-state index is -1.31. The number of carbonyl (C=O) groups excluding carboxylic acids is 4. The predicted octanol–water partition coefficient (Wildman–Crippen LogP) is 2.59. The van der Waals surface area contributed by atoms with Crippen LogP contribution in [0.2, 0.25) is 0 Å². The van der Waals surface area contributed by atoms with E-state index < -0.39 is 34.5 Å². The van der Waals surface area contributed by atoms with Gasteiger partial charge >= 0.3 is 23.9 Å². The lowest BCUT2D eigenvalue weighted by Crippen LogP contribution is -2.44. The summed E-state index contributed by atoms with van der Waals surface area (Å²) < 4.78 is 21.3. The number of rotatable bonds is 15. The summed E-state index contributed by atoms with van der Waals surface area (Å²) in [6, 6.07) is 0. The van der Waals surface area contributed by atoms with Gasteiger partial charge in [-0.05, 0) is 6.92 Å². The number of carbonyl (C=O) groups is 4. The third kappa shape index (κ3) is 15.2. The second kappa shape index (κ2) is 16.0. The van der Waals surface area contributed by atoms with E-state index in [9.17, 15) is 19.2 Å². The van der Waals surface area contributed by atoms with Crippen molar-refractivity contribution in [2.45, 2.75) is 68.0 Å². The van der Waals surface area contributed by atoms with Crippen molar-refractivity contribution in [1.29, 1.82) is 0 Å². The molecule has 0 saturated carbocycles. The molecule has 0 aliphatic carbocycles. The standard InChI is InChI=1S/C20H34O8S4/c1-12(29)5-16(21)25-8-20(11-28-19(24)15(4)32,9-26-17(22)6-13(2)30)10-27-18(23)7-14(3)31/h12-15,29-32H,5-11H2,1-4H3. The Labute approximate surface area is 211 Å². The second-order valence-electron chi connectivity index (χ2n) is 7.93. The third-order valence-electron chi connectivity index (χ3n) is 3.87. The van der Waals surface area contributed by atoms with Crippen molar-refractivity contribution < 1.29 is 38.1 Å². The maximum atomic E-state index is 12.1. The second-order valence-corrected chi connectivity index (χ2v) is 11.3. The summed E-state index contributed by atoms with van der Waals surface area (Å²) in [6.45, 7) is 5.46. The molecule has 0 radical (unpaired) electrons. The smallest absolute Gasteiger partial charge is 0.318 e. The molecule has 0 aromatic heterocycles. The molecule has 0 aromatic carbocycles. The molecule has 0 heterocycles. The first-order chi connectivity index (χ1) is 14.8. The van der Waals surface area contributed by atoms with Crippen LogP contribution in [0.4, 0.5) is 0 Å². The number of thiol groups is 4. The molecule has 186 valence electrons. The van der Waals surface area contributed by atoms with Crippen LogP contribution >= 0.6 is 50.5 Å². The summed E-state index contributed by atoms with van der Waals surface area (Å²) in [4.78, 5) is 48.2. The van der Waals surface area contributed by atoms with E-state index in [1.54, 1.807) is 20.8 Å². The Hall–Kier alpha value is -0.720. The van der Waals surface area contributed by atoms with Crippen molar-refractivity contribution in [1.82, 2.24) is 0 Å². The number of hydrogen-bond acceptors (Lipinski definition) is 12. The summed E-state index contributed by atoms with van der Waals surface area (Å²) in [6.07, 6.45) is 0.127. The Morgan fingerprint density at radius 2 is 0.875 bits per heavy atom.